The molecule has 0 amide bonds. The molecule has 1 atom stereocenters. The predicted molar refractivity (Wildman–Crippen MR) is 108 cm³/mol. The van der Waals surface area contributed by atoms with Crippen molar-refractivity contribution in [2.75, 3.05) is 6.54 Å². The first-order valence-electron chi connectivity index (χ1n) is 9.25. The van der Waals surface area contributed by atoms with Crippen molar-refractivity contribution in [3.05, 3.63) is 53.6 Å². The summed E-state index contributed by atoms with van der Waals surface area (Å²) in [7, 11) is -4.34. The molecule has 1 fully saturated rings. The Morgan fingerprint density at radius 1 is 1.11 bits per heavy atom. The molecule has 2 aliphatic heterocycles. The molecule has 0 aromatic heterocycles. The molecule has 146 valence electrons. The van der Waals surface area contributed by atoms with E-state index in [1.807, 2.05) is 71.9 Å². The Labute approximate surface area is 163 Å². The lowest BCUT2D eigenvalue weighted by atomic mass is 9.79. The van der Waals surface area contributed by atoms with Gasteiger partial charge < -0.3 is 9.31 Å². The first-order valence-corrected chi connectivity index (χ1v) is 10.7. The molecule has 1 aromatic carbocycles. The number of nitrogens with zero attached hydrogens (tertiary/aromatic N) is 1. The van der Waals surface area contributed by atoms with Gasteiger partial charge in [0, 0.05) is 6.54 Å². The number of sulfonamides is 1. The maximum atomic E-state index is 13.3. The maximum Gasteiger partial charge on any atom is 0.481 e. The van der Waals surface area contributed by atoms with Gasteiger partial charge in [-0.05, 0) is 59.2 Å². The van der Waals surface area contributed by atoms with Gasteiger partial charge >= 0.3 is 7.12 Å². The van der Waals surface area contributed by atoms with E-state index in [0.717, 1.165) is 11.1 Å². The fraction of sp³-hybridized carbons (Fsp3) is 0.500. The highest BCUT2D eigenvalue weighted by Crippen LogP contribution is 2.40. The molecule has 0 saturated carbocycles. The third-order valence-electron chi connectivity index (χ3n) is 5.61. The van der Waals surface area contributed by atoms with Crippen molar-refractivity contribution in [2.24, 2.45) is 0 Å². The molecule has 2 aliphatic rings. The second-order valence-electron chi connectivity index (χ2n) is 8.22. The highest BCUT2D eigenvalue weighted by molar-refractivity contribution is 7.89. The molecule has 0 bridgehead atoms. The van der Waals surface area contributed by atoms with Crippen LogP contribution in [0.5, 0.6) is 0 Å². The highest BCUT2D eigenvalue weighted by Gasteiger charge is 2.56. The van der Waals surface area contributed by atoms with Crippen molar-refractivity contribution in [1.29, 1.82) is 0 Å². The molecule has 0 spiro atoms. The Morgan fingerprint density at radius 2 is 1.67 bits per heavy atom. The summed E-state index contributed by atoms with van der Waals surface area (Å²) in [5.41, 5.74) is 0.918. The minimum absolute atomic E-state index is 0.282. The van der Waals surface area contributed by atoms with E-state index >= 15 is 0 Å². The number of allylic oxidation sites excluding steroid dienone is 1. The summed E-state index contributed by atoms with van der Waals surface area (Å²) in [6.45, 7) is 12.0. The van der Waals surface area contributed by atoms with E-state index in [2.05, 4.69) is 0 Å². The molecule has 5 nitrogen and oxygen atoms in total. The second kappa shape index (κ2) is 6.89. The van der Waals surface area contributed by atoms with Crippen LogP contribution in [0, 0.1) is 6.92 Å². The molecule has 0 N–H and O–H groups in total. The Kier molecular flexibility index (Phi) is 5.18. The number of aryl methyl sites for hydroxylation is 1. The zero-order valence-electron chi connectivity index (χ0n) is 16.9. The first kappa shape index (κ1) is 20.3. The molecule has 0 radical (unpaired) electrons. The molecule has 1 saturated heterocycles. The monoisotopic (exact) mass is 389 g/mol. The van der Waals surface area contributed by atoms with Gasteiger partial charge in [-0.2, -0.15) is 4.31 Å². The number of rotatable bonds is 4. The van der Waals surface area contributed by atoms with Gasteiger partial charge in [-0.15, -0.1) is 0 Å². The minimum Gasteiger partial charge on any atom is -0.402 e. The van der Waals surface area contributed by atoms with E-state index in [9.17, 15) is 8.42 Å². The van der Waals surface area contributed by atoms with Crippen LogP contribution in [0.1, 0.15) is 40.2 Å². The lowest BCUT2D eigenvalue weighted by Gasteiger charge is -2.32. The molecule has 0 aliphatic carbocycles. The van der Waals surface area contributed by atoms with E-state index in [1.165, 1.54) is 4.31 Å². The van der Waals surface area contributed by atoms with E-state index < -0.39 is 34.3 Å². The van der Waals surface area contributed by atoms with Crippen LogP contribution in [0.15, 0.2) is 53.0 Å². The third-order valence-corrected chi connectivity index (χ3v) is 7.47. The van der Waals surface area contributed by atoms with E-state index in [-0.39, 0.29) is 4.90 Å². The van der Waals surface area contributed by atoms with Gasteiger partial charge in [0.15, 0.2) is 0 Å². The summed E-state index contributed by atoms with van der Waals surface area (Å²) in [4.78, 5) is 0.282. The average Bonchev–Trinajstić information content (AvgIpc) is 3.07. The smallest absolute Gasteiger partial charge is 0.402 e. The van der Waals surface area contributed by atoms with Crippen molar-refractivity contribution in [2.45, 2.75) is 63.6 Å². The molecule has 7 heteroatoms. The zero-order chi connectivity index (χ0) is 20.0. The van der Waals surface area contributed by atoms with Crippen LogP contribution in [-0.4, -0.2) is 43.5 Å². The van der Waals surface area contributed by atoms with Gasteiger partial charge in [-0.25, -0.2) is 8.42 Å². The highest BCUT2D eigenvalue weighted by atomic mass is 32.2. The lowest BCUT2D eigenvalue weighted by molar-refractivity contribution is 0.00578. The maximum absolute atomic E-state index is 13.3. The van der Waals surface area contributed by atoms with Gasteiger partial charge in [0.05, 0.1) is 22.0 Å². The molecule has 27 heavy (non-hydrogen) atoms. The van der Waals surface area contributed by atoms with Gasteiger partial charge in [-0.1, -0.05) is 35.9 Å². The molecule has 1 aromatic rings. The fourth-order valence-electron chi connectivity index (χ4n) is 3.30. The first-order chi connectivity index (χ1) is 12.5. The summed E-state index contributed by atoms with van der Waals surface area (Å²) >= 11 is 0. The number of hydrogen-bond acceptors (Lipinski definition) is 4. The predicted octanol–water partition coefficient (Wildman–Crippen LogP) is 3.50. The molecular formula is C20H28BNO4S. The topological polar surface area (TPSA) is 55.8 Å². The van der Waals surface area contributed by atoms with Crippen LogP contribution in [0.2, 0.25) is 0 Å². The zero-order valence-corrected chi connectivity index (χ0v) is 17.7. The summed E-state index contributed by atoms with van der Waals surface area (Å²) in [5, 5.41) is 0. The van der Waals surface area contributed by atoms with Crippen LogP contribution in [0.4, 0.5) is 0 Å². The second-order valence-corrected chi connectivity index (χ2v) is 10.1. The normalized spacial score (nSPS) is 25.3. The summed E-state index contributed by atoms with van der Waals surface area (Å²) < 4.78 is 40.5. The largest absolute Gasteiger partial charge is 0.481 e. The Balaban J connectivity index is 1.98. The summed E-state index contributed by atoms with van der Waals surface area (Å²) in [6.07, 6.45) is 5.78. The van der Waals surface area contributed by atoms with Crippen LogP contribution in [0.25, 0.3) is 0 Å². The van der Waals surface area contributed by atoms with Crippen LogP contribution in [0.3, 0.4) is 0 Å². The number of hydrogen-bond donors (Lipinski definition) is 0. The average molecular weight is 389 g/mol. The van der Waals surface area contributed by atoms with Crippen LogP contribution in [-0.2, 0) is 19.3 Å². The van der Waals surface area contributed by atoms with E-state index in [0.29, 0.717) is 6.54 Å². The third kappa shape index (κ3) is 3.66. The Hall–Kier alpha value is -1.41. The van der Waals surface area contributed by atoms with Gasteiger partial charge in [0.25, 0.3) is 0 Å². The number of benzene rings is 1. The van der Waals surface area contributed by atoms with E-state index in [4.69, 9.17) is 9.31 Å². The lowest BCUT2D eigenvalue weighted by Crippen LogP contribution is -2.47. The van der Waals surface area contributed by atoms with Gasteiger partial charge in [-0.3, -0.25) is 0 Å². The Bertz CT molecular complexity index is 856. The van der Waals surface area contributed by atoms with Crippen molar-refractivity contribution in [3.63, 3.8) is 0 Å². The van der Waals surface area contributed by atoms with Gasteiger partial charge in [0.1, 0.15) is 0 Å². The van der Waals surface area contributed by atoms with Crippen molar-refractivity contribution < 1.29 is 17.7 Å². The SMILES string of the molecule is C/C=C/C1=CC(B2OC(C)(C)C(C)(C)O2)N(S(=O)(=O)c2ccc(C)cc2)C1. The fourth-order valence-corrected chi connectivity index (χ4v) is 4.85. The van der Waals surface area contributed by atoms with Crippen molar-refractivity contribution >= 4 is 17.1 Å². The molecule has 2 heterocycles. The minimum atomic E-state index is -3.68. The van der Waals surface area contributed by atoms with E-state index in [1.54, 1.807) is 12.1 Å². The summed E-state index contributed by atoms with van der Waals surface area (Å²) in [6, 6.07) is 6.93. The molecule has 3 rings (SSSR count). The van der Waals surface area contributed by atoms with Crippen molar-refractivity contribution in [1.82, 2.24) is 4.31 Å². The summed E-state index contributed by atoms with van der Waals surface area (Å²) in [5.74, 6) is -0.511. The van der Waals surface area contributed by atoms with Crippen LogP contribution >= 0.6 is 0 Å². The Morgan fingerprint density at radius 3 is 2.19 bits per heavy atom. The van der Waals surface area contributed by atoms with Crippen LogP contribution < -0.4 is 0 Å². The molecular weight excluding hydrogens is 361 g/mol. The quantitative estimate of drug-likeness (QED) is 0.740. The van der Waals surface area contributed by atoms with Crippen molar-refractivity contribution in [3.8, 4) is 0 Å². The van der Waals surface area contributed by atoms with Gasteiger partial charge in [0.2, 0.25) is 10.0 Å². The molecule has 1 unspecified atom stereocenters. The standard InChI is InChI=1S/C20H28BNO4S/c1-7-8-16-13-18(21-25-19(3,4)20(5,6)26-21)22(14-16)27(23,24)17-11-9-15(2)10-12-17/h7-13,18H,14H2,1-6H3/b8-7+.